The van der Waals surface area contributed by atoms with Crippen molar-refractivity contribution in [3.8, 4) is 0 Å². The molecule has 106 valence electrons. The van der Waals surface area contributed by atoms with Gasteiger partial charge in [0.1, 0.15) is 0 Å². The highest BCUT2D eigenvalue weighted by molar-refractivity contribution is 7.11. The lowest BCUT2D eigenvalue weighted by molar-refractivity contribution is 0.370. The summed E-state index contributed by atoms with van der Waals surface area (Å²) in [4.78, 5) is 12.4. The fourth-order valence-corrected chi connectivity index (χ4v) is 3.21. The van der Waals surface area contributed by atoms with Gasteiger partial charge in [-0.25, -0.2) is 4.98 Å². The molecule has 1 aromatic rings. The van der Waals surface area contributed by atoms with Gasteiger partial charge in [-0.15, -0.1) is 11.3 Å². The lowest BCUT2D eigenvalue weighted by Gasteiger charge is -2.23. The van der Waals surface area contributed by atoms with E-state index >= 15 is 0 Å². The molecular formula is C14H24N4S. The highest BCUT2D eigenvalue weighted by Crippen LogP contribution is 2.28. The van der Waals surface area contributed by atoms with Crippen molar-refractivity contribution < 1.29 is 0 Å². The zero-order valence-corrected chi connectivity index (χ0v) is 13.2. The molecule has 1 aliphatic rings. The van der Waals surface area contributed by atoms with Crippen LogP contribution in [-0.2, 0) is 6.42 Å². The Kier molecular flexibility index (Phi) is 4.45. The number of thiazole rings is 1. The zero-order valence-electron chi connectivity index (χ0n) is 12.4. The molecule has 2 rings (SSSR count). The van der Waals surface area contributed by atoms with Gasteiger partial charge in [0.25, 0.3) is 0 Å². The Morgan fingerprint density at radius 2 is 2.37 bits per heavy atom. The number of aliphatic imine (C=N–C) groups is 1. The number of likely N-dealkylation sites (tertiary alicyclic amines) is 1. The lowest BCUT2D eigenvalue weighted by atomic mass is 9.93. The summed E-state index contributed by atoms with van der Waals surface area (Å²) in [6, 6.07) is 0. The van der Waals surface area contributed by atoms with Gasteiger partial charge in [-0.05, 0) is 18.8 Å². The Balaban J connectivity index is 1.81. The lowest BCUT2D eigenvalue weighted by Crippen LogP contribution is -2.41. The number of nitrogens with one attached hydrogen (secondary N) is 1. The Morgan fingerprint density at radius 3 is 2.89 bits per heavy atom. The van der Waals surface area contributed by atoms with E-state index in [2.05, 4.69) is 41.0 Å². The molecule has 2 heterocycles. The fraction of sp³-hybridized carbons (Fsp3) is 0.714. The van der Waals surface area contributed by atoms with Crippen LogP contribution in [0, 0.1) is 12.3 Å². The molecule has 5 heteroatoms. The van der Waals surface area contributed by atoms with E-state index in [0.717, 1.165) is 32.0 Å². The van der Waals surface area contributed by atoms with Gasteiger partial charge in [-0.3, -0.25) is 4.99 Å². The van der Waals surface area contributed by atoms with Crippen molar-refractivity contribution in [2.45, 2.75) is 33.6 Å². The van der Waals surface area contributed by atoms with Crippen LogP contribution in [-0.4, -0.2) is 42.5 Å². The maximum atomic E-state index is 4.39. The average Bonchev–Trinajstić information content (AvgIpc) is 2.91. The summed E-state index contributed by atoms with van der Waals surface area (Å²) < 4.78 is 0. The number of hydrogen-bond donors (Lipinski definition) is 1. The van der Waals surface area contributed by atoms with Crippen molar-refractivity contribution in [1.29, 1.82) is 0 Å². The predicted octanol–water partition coefficient (Wildman–Crippen LogP) is 2.30. The first-order valence-electron chi connectivity index (χ1n) is 6.87. The minimum absolute atomic E-state index is 0.407. The van der Waals surface area contributed by atoms with Gasteiger partial charge in [0, 0.05) is 44.2 Å². The summed E-state index contributed by atoms with van der Waals surface area (Å²) in [5.74, 6) is 1.03. The van der Waals surface area contributed by atoms with E-state index in [1.54, 1.807) is 11.3 Å². The summed E-state index contributed by atoms with van der Waals surface area (Å²) in [5, 5.41) is 4.65. The monoisotopic (exact) mass is 280 g/mol. The first kappa shape index (κ1) is 14.3. The standard InChI is InChI=1S/C14H24N4S/c1-11-9-17-12(19-11)5-7-16-13(15-4)18-8-6-14(2,3)10-18/h9H,5-8,10H2,1-4H3,(H,15,16). The van der Waals surface area contributed by atoms with Crippen LogP contribution in [0.4, 0.5) is 0 Å². The van der Waals surface area contributed by atoms with Crippen LogP contribution < -0.4 is 5.32 Å². The third-order valence-electron chi connectivity index (χ3n) is 3.48. The summed E-state index contributed by atoms with van der Waals surface area (Å²) in [6.07, 6.45) is 4.14. The fourth-order valence-electron chi connectivity index (χ4n) is 2.42. The summed E-state index contributed by atoms with van der Waals surface area (Å²) in [6.45, 7) is 9.82. The Labute approximate surface area is 120 Å². The molecule has 19 heavy (non-hydrogen) atoms. The SMILES string of the molecule is CN=C(NCCc1ncc(C)s1)N1CCC(C)(C)C1. The van der Waals surface area contributed by atoms with Crippen LogP contribution >= 0.6 is 11.3 Å². The van der Waals surface area contributed by atoms with Gasteiger partial charge in [0.15, 0.2) is 5.96 Å². The van der Waals surface area contributed by atoms with Crippen LogP contribution in [0.15, 0.2) is 11.2 Å². The number of rotatable bonds is 3. The van der Waals surface area contributed by atoms with E-state index < -0.39 is 0 Å². The number of nitrogens with zero attached hydrogens (tertiary/aromatic N) is 3. The van der Waals surface area contributed by atoms with Crippen LogP contribution in [0.3, 0.4) is 0 Å². The molecule has 0 aliphatic carbocycles. The van der Waals surface area contributed by atoms with Gasteiger partial charge in [0.05, 0.1) is 5.01 Å². The van der Waals surface area contributed by atoms with Gasteiger partial charge >= 0.3 is 0 Å². The highest BCUT2D eigenvalue weighted by atomic mass is 32.1. The van der Waals surface area contributed by atoms with Gasteiger partial charge in [0.2, 0.25) is 0 Å². The van der Waals surface area contributed by atoms with Crippen LogP contribution in [0.2, 0.25) is 0 Å². The molecule has 1 fully saturated rings. The van der Waals surface area contributed by atoms with E-state index in [1.165, 1.54) is 16.3 Å². The van der Waals surface area contributed by atoms with Crippen molar-refractivity contribution in [2.75, 3.05) is 26.7 Å². The Hall–Kier alpha value is -1.10. The molecule has 0 unspecified atom stereocenters. The second-order valence-electron chi connectivity index (χ2n) is 5.92. The minimum atomic E-state index is 0.407. The van der Waals surface area contributed by atoms with Gasteiger partial charge in [-0.1, -0.05) is 13.8 Å². The number of aromatic nitrogens is 1. The quantitative estimate of drug-likeness (QED) is 0.682. The van der Waals surface area contributed by atoms with E-state index in [0.29, 0.717) is 5.41 Å². The summed E-state index contributed by atoms with van der Waals surface area (Å²) in [7, 11) is 1.86. The summed E-state index contributed by atoms with van der Waals surface area (Å²) >= 11 is 1.77. The van der Waals surface area contributed by atoms with Crippen molar-refractivity contribution in [3.05, 3.63) is 16.1 Å². The van der Waals surface area contributed by atoms with E-state index in [-0.39, 0.29) is 0 Å². The second-order valence-corrected chi connectivity index (χ2v) is 7.24. The minimum Gasteiger partial charge on any atom is -0.356 e. The molecule has 0 atom stereocenters. The van der Waals surface area contributed by atoms with Gasteiger partial charge in [-0.2, -0.15) is 0 Å². The molecule has 1 N–H and O–H groups in total. The molecule has 0 spiro atoms. The third kappa shape index (κ3) is 3.93. The molecule has 1 aliphatic heterocycles. The molecule has 0 saturated carbocycles. The van der Waals surface area contributed by atoms with E-state index in [4.69, 9.17) is 0 Å². The topological polar surface area (TPSA) is 40.5 Å². The third-order valence-corrected chi connectivity index (χ3v) is 4.45. The first-order chi connectivity index (χ1) is 9.00. The van der Waals surface area contributed by atoms with Crippen LogP contribution in [0.5, 0.6) is 0 Å². The first-order valence-corrected chi connectivity index (χ1v) is 7.69. The maximum Gasteiger partial charge on any atom is 0.193 e. The zero-order chi connectivity index (χ0) is 13.9. The van der Waals surface area contributed by atoms with E-state index in [9.17, 15) is 0 Å². The Bertz CT molecular complexity index is 450. The summed E-state index contributed by atoms with van der Waals surface area (Å²) in [5.41, 5.74) is 0.407. The van der Waals surface area contributed by atoms with Crippen molar-refractivity contribution in [1.82, 2.24) is 15.2 Å². The predicted molar refractivity (Wildman–Crippen MR) is 81.9 cm³/mol. The van der Waals surface area contributed by atoms with Gasteiger partial charge < -0.3 is 10.2 Å². The molecular weight excluding hydrogens is 256 g/mol. The molecule has 0 aromatic carbocycles. The van der Waals surface area contributed by atoms with Crippen LogP contribution in [0.25, 0.3) is 0 Å². The molecule has 0 bridgehead atoms. The largest absolute Gasteiger partial charge is 0.356 e. The molecule has 0 amide bonds. The normalized spacial score (nSPS) is 18.9. The van der Waals surface area contributed by atoms with Crippen LogP contribution in [0.1, 0.15) is 30.2 Å². The molecule has 0 radical (unpaired) electrons. The number of aryl methyl sites for hydroxylation is 1. The second kappa shape index (κ2) is 5.90. The Morgan fingerprint density at radius 1 is 1.58 bits per heavy atom. The number of guanidine groups is 1. The average molecular weight is 280 g/mol. The van der Waals surface area contributed by atoms with Crippen molar-refractivity contribution in [3.63, 3.8) is 0 Å². The maximum absolute atomic E-state index is 4.39. The molecule has 1 aromatic heterocycles. The van der Waals surface area contributed by atoms with Crippen molar-refractivity contribution >= 4 is 17.3 Å². The molecule has 4 nitrogen and oxygen atoms in total. The van der Waals surface area contributed by atoms with E-state index in [1.807, 2.05) is 13.2 Å². The van der Waals surface area contributed by atoms with Crippen molar-refractivity contribution in [2.24, 2.45) is 10.4 Å². The highest BCUT2D eigenvalue weighted by Gasteiger charge is 2.30. The molecule has 1 saturated heterocycles. The smallest absolute Gasteiger partial charge is 0.193 e. The number of hydrogen-bond acceptors (Lipinski definition) is 3.